The fourth-order valence-electron chi connectivity index (χ4n) is 2.56. The van der Waals surface area contributed by atoms with E-state index in [0.29, 0.717) is 21.3 Å². The highest BCUT2D eigenvalue weighted by Crippen LogP contribution is 2.40. The van der Waals surface area contributed by atoms with E-state index in [2.05, 4.69) is 23.7 Å². The van der Waals surface area contributed by atoms with Crippen molar-refractivity contribution in [2.45, 2.75) is 19.8 Å². The maximum atomic E-state index is 12.4. The van der Waals surface area contributed by atoms with Gasteiger partial charge in [-0.1, -0.05) is 23.7 Å². The summed E-state index contributed by atoms with van der Waals surface area (Å²) in [4.78, 5) is 16.6. The molecule has 1 heterocycles. The van der Waals surface area contributed by atoms with E-state index in [-0.39, 0.29) is 6.61 Å². The molecule has 22 heavy (non-hydrogen) atoms. The first-order chi connectivity index (χ1) is 10.5. The Morgan fingerprint density at radius 2 is 2.27 bits per heavy atom. The van der Waals surface area contributed by atoms with Gasteiger partial charge in [-0.05, 0) is 31.5 Å². The van der Waals surface area contributed by atoms with Gasteiger partial charge in [0.05, 0.1) is 18.2 Å². The number of nitriles is 1. The lowest BCUT2D eigenvalue weighted by atomic mass is 9.77. The number of halogens is 1. The number of hydrogen-bond acceptors (Lipinski definition) is 5. The van der Waals surface area contributed by atoms with Crippen LogP contribution < -0.4 is 0 Å². The lowest BCUT2D eigenvalue weighted by molar-refractivity contribution is -0.146. The van der Waals surface area contributed by atoms with Gasteiger partial charge < -0.3 is 4.74 Å². The average molecular weight is 335 g/mol. The van der Waals surface area contributed by atoms with Crippen molar-refractivity contribution in [1.82, 2.24) is 0 Å². The Morgan fingerprint density at radius 1 is 1.55 bits per heavy atom. The summed E-state index contributed by atoms with van der Waals surface area (Å²) in [5.41, 5.74) is 1.68. The van der Waals surface area contributed by atoms with E-state index in [4.69, 9.17) is 16.3 Å². The number of nitrogens with zero attached hydrogens (tertiary/aromatic N) is 2. The maximum Gasteiger partial charge on any atom is 0.315 e. The molecule has 1 aromatic carbocycles. The number of allylic oxidation sites excluding steroid dienone is 1. The number of rotatable bonds is 3. The first kappa shape index (κ1) is 16.6. The quantitative estimate of drug-likeness (QED) is 0.676. The fourth-order valence-corrected chi connectivity index (χ4v) is 3.11. The highest BCUT2D eigenvalue weighted by molar-refractivity contribution is 7.84. The Morgan fingerprint density at radius 3 is 2.86 bits per heavy atom. The zero-order valence-corrected chi connectivity index (χ0v) is 13.9. The molecule has 0 radical (unpaired) electrons. The minimum Gasteiger partial charge on any atom is -0.465 e. The van der Waals surface area contributed by atoms with Gasteiger partial charge in [-0.15, -0.1) is 12.6 Å². The van der Waals surface area contributed by atoms with Gasteiger partial charge in [0, 0.05) is 16.7 Å². The van der Waals surface area contributed by atoms with Crippen molar-refractivity contribution < 1.29 is 9.53 Å². The van der Waals surface area contributed by atoms with Crippen molar-refractivity contribution in [2.75, 3.05) is 6.61 Å². The second kappa shape index (κ2) is 6.99. The largest absolute Gasteiger partial charge is 0.465 e. The van der Waals surface area contributed by atoms with Crippen molar-refractivity contribution in [1.29, 1.82) is 5.26 Å². The maximum absolute atomic E-state index is 12.4. The van der Waals surface area contributed by atoms with Crippen LogP contribution >= 0.6 is 24.2 Å². The highest BCUT2D eigenvalue weighted by Gasteiger charge is 2.39. The predicted molar refractivity (Wildman–Crippen MR) is 89.1 cm³/mol. The third-order valence-corrected chi connectivity index (χ3v) is 4.06. The molecular formula is C16H15ClN2O2S. The lowest BCUT2D eigenvalue weighted by Crippen LogP contribution is -2.33. The standard InChI is InChI=1S/C16H15ClN2O2S/c1-3-21-16(20)13-9(2)19-15(22)12(8-18)14(13)10-5-4-6-11(17)7-10/h4-7,13-14,22H,3H2,1-2H3/t13?,14-/m0/s1. The van der Waals surface area contributed by atoms with Gasteiger partial charge in [-0.2, -0.15) is 5.26 Å². The molecule has 0 saturated heterocycles. The van der Waals surface area contributed by atoms with Crippen LogP contribution in [-0.2, 0) is 9.53 Å². The fraction of sp³-hybridized carbons (Fsp3) is 0.312. The third-order valence-electron chi connectivity index (χ3n) is 3.49. The number of benzene rings is 1. The summed E-state index contributed by atoms with van der Waals surface area (Å²) >= 11 is 10.3. The minimum absolute atomic E-state index is 0.268. The van der Waals surface area contributed by atoms with Crippen LogP contribution in [0.1, 0.15) is 25.3 Å². The van der Waals surface area contributed by atoms with Crippen molar-refractivity contribution >= 4 is 35.9 Å². The van der Waals surface area contributed by atoms with Gasteiger partial charge in [-0.3, -0.25) is 4.79 Å². The summed E-state index contributed by atoms with van der Waals surface area (Å²) in [7, 11) is 0. The number of ether oxygens (including phenoxy) is 1. The van der Waals surface area contributed by atoms with Crippen LogP contribution in [0, 0.1) is 17.2 Å². The molecule has 0 fully saturated rings. The molecule has 2 atom stereocenters. The van der Waals surface area contributed by atoms with Crippen LogP contribution in [0.3, 0.4) is 0 Å². The molecule has 0 amide bonds. The van der Waals surface area contributed by atoms with Crippen LogP contribution in [0.5, 0.6) is 0 Å². The zero-order chi connectivity index (χ0) is 16.3. The average Bonchev–Trinajstić information content (AvgIpc) is 2.46. The Hall–Kier alpha value is -1.77. The molecule has 0 aliphatic carbocycles. The molecule has 0 N–H and O–H groups in total. The predicted octanol–water partition coefficient (Wildman–Crippen LogP) is 3.74. The van der Waals surface area contributed by atoms with Gasteiger partial charge >= 0.3 is 5.97 Å². The van der Waals surface area contributed by atoms with E-state index in [0.717, 1.165) is 5.56 Å². The molecule has 1 unspecified atom stereocenters. The van der Waals surface area contributed by atoms with E-state index in [1.165, 1.54) is 0 Å². The zero-order valence-electron chi connectivity index (χ0n) is 12.2. The van der Waals surface area contributed by atoms with Gasteiger partial charge in [0.2, 0.25) is 0 Å². The molecule has 1 aliphatic heterocycles. The number of carbonyl (C=O) groups excluding carboxylic acids is 1. The number of carbonyl (C=O) groups is 1. The molecule has 1 aliphatic rings. The third kappa shape index (κ3) is 3.18. The second-order valence-electron chi connectivity index (χ2n) is 4.86. The van der Waals surface area contributed by atoms with Gasteiger partial charge in [0.1, 0.15) is 10.9 Å². The molecule has 0 saturated carbocycles. The number of esters is 1. The Bertz CT molecular complexity index is 706. The normalized spacial score (nSPS) is 21.1. The van der Waals surface area contributed by atoms with E-state index in [9.17, 15) is 10.1 Å². The molecule has 0 spiro atoms. The summed E-state index contributed by atoms with van der Waals surface area (Å²) in [6.07, 6.45) is 0. The first-order valence-electron chi connectivity index (χ1n) is 6.80. The van der Waals surface area contributed by atoms with E-state index >= 15 is 0 Å². The highest BCUT2D eigenvalue weighted by atomic mass is 35.5. The summed E-state index contributed by atoms with van der Waals surface area (Å²) in [6.45, 7) is 3.75. The van der Waals surface area contributed by atoms with E-state index in [1.54, 1.807) is 32.0 Å². The topological polar surface area (TPSA) is 62.4 Å². The molecule has 6 heteroatoms. The lowest BCUT2D eigenvalue weighted by Gasteiger charge is -2.29. The Kier molecular flexibility index (Phi) is 5.28. The molecule has 0 bridgehead atoms. The smallest absolute Gasteiger partial charge is 0.315 e. The molecule has 2 rings (SSSR count). The Balaban J connectivity index is 2.59. The molecule has 114 valence electrons. The van der Waals surface area contributed by atoms with Crippen molar-refractivity contribution in [2.24, 2.45) is 10.9 Å². The summed E-state index contributed by atoms with van der Waals surface area (Å²) in [5.74, 6) is -1.54. The van der Waals surface area contributed by atoms with Gasteiger partial charge in [0.25, 0.3) is 0 Å². The first-order valence-corrected chi connectivity index (χ1v) is 7.62. The molecular weight excluding hydrogens is 320 g/mol. The number of aliphatic imine (C=N–C) groups is 1. The van der Waals surface area contributed by atoms with Gasteiger partial charge in [0.15, 0.2) is 0 Å². The molecule has 0 aromatic heterocycles. The SMILES string of the molecule is CCOC(=O)C1C(C)=NC(S)=C(C#N)[C@@H]1c1cccc(Cl)c1. The second-order valence-corrected chi connectivity index (χ2v) is 5.72. The molecule has 1 aromatic rings. The molecule has 4 nitrogen and oxygen atoms in total. The van der Waals surface area contributed by atoms with Crippen LogP contribution in [0.15, 0.2) is 39.9 Å². The van der Waals surface area contributed by atoms with Crippen molar-refractivity contribution in [3.63, 3.8) is 0 Å². The summed E-state index contributed by atoms with van der Waals surface area (Å²) in [6, 6.07) is 9.22. The minimum atomic E-state index is -0.649. The van der Waals surface area contributed by atoms with Crippen LogP contribution in [0.4, 0.5) is 0 Å². The number of hydrogen-bond donors (Lipinski definition) is 1. The van der Waals surface area contributed by atoms with Gasteiger partial charge in [-0.25, -0.2) is 4.99 Å². The summed E-state index contributed by atoms with van der Waals surface area (Å²) in [5, 5.41) is 10.3. The van der Waals surface area contributed by atoms with Crippen molar-refractivity contribution in [3.05, 3.63) is 45.5 Å². The van der Waals surface area contributed by atoms with E-state index in [1.807, 2.05) is 6.07 Å². The number of thiol groups is 1. The van der Waals surface area contributed by atoms with Crippen LogP contribution in [-0.4, -0.2) is 18.3 Å². The Labute approximate surface area is 139 Å². The van der Waals surface area contributed by atoms with Crippen LogP contribution in [0.25, 0.3) is 0 Å². The van der Waals surface area contributed by atoms with Crippen LogP contribution in [0.2, 0.25) is 5.02 Å². The summed E-state index contributed by atoms with van der Waals surface area (Å²) < 4.78 is 5.15. The van der Waals surface area contributed by atoms with E-state index < -0.39 is 17.8 Å². The monoisotopic (exact) mass is 334 g/mol. The van der Waals surface area contributed by atoms with Crippen molar-refractivity contribution in [3.8, 4) is 6.07 Å².